The second-order valence-electron chi connectivity index (χ2n) is 13.5. The lowest BCUT2D eigenvalue weighted by Gasteiger charge is -2.71. The zero-order chi connectivity index (χ0) is 18.0. The SMILES string of the molecule is C1CC2CCC3CC4CC5CCCC6CCC7CC8CC(C1)C2C3C8C4C7C65. The van der Waals surface area contributed by atoms with E-state index in [4.69, 9.17) is 0 Å². The van der Waals surface area contributed by atoms with E-state index in [0.29, 0.717) is 0 Å². The summed E-state index contributed by atoms with van der Waals surface area (Å²) in [5, 5.41) is 0. The van der Waals surface area contributed by atoms with Crippen molar-refractivity contribution in [2.24, 2.45) is 82.9 Å². The van der Waals surface area contributed by atoms with Crippen molar-refractivity contribution in [2.75, 3.05) is 0 Å². The molecule has 8 aliphatic rings. The van der Waals surface area contributed by atoms with Crippen LogP contribution in [0.4, 0.5) is 0 Å². The Balaban J connectivity index is 1.24. The van der Waals surface area contributed by atoms with Gasteiger partial charge in [-0.2, -0.15) is 0 Å². The quantitative estimate of drug-likeness (QED) is 0.418. The molecule has 14 atom stereocenters. The van der Waals surface area contributed by atoms with Gasteiger partial charge < -0.3 is 0 Å². The van der Waals surface area contributed by atoms with Crippen LogP contribution in [0.2, 0.25) is 0 Å². The van der Waals surface area contributed by atoms with Gasteiger partial charge in [0.1, 0.15) is 0 Å². The Kier molecular flexibility index (Phi) is 3.46. The van der Waals surface area contributed by atoms with Crippen molar-refractivity contribution in [3.05, 3.63) is 0 Å². The molecule has 0 aromatic rings. The van der Waals surface area contributed by atoms with Gasteiger partial charge in [0.25, 0.3) is 0 Å². The van der Waals surface area contributed by atoms with E-state index in [0.717, 1.165) is 0 Å². The Morgan fingerprint density at radius 3 is 1.04 bits per heavy atom. The number of hydrogen-bond donors (Lipinski definition) is 0. The smallest absolute Gasteiger partial charge is 0.0318 e. The van der Waals surface area contributed by atoms with Gasteiger partial charge in [-0.05, 0) is 134 Å². The predicted octanol–water partition coefficient (Wildman–Crippen LogP) is 7.18. The molecule has 0 nitrogen and oxygen atoms in total. The summed E-state index contributed by atoms with van der Waals surface area (Å²) < 4.78 is 0. The van der Waals surface area contributed by atoms with Crippen molar-refractivity contribution in [1.29, 1.82) is 0 Å². The fourth-order valence-electron chi connectivity index (χ4n) is 13.0. The van der Waals surface area contributed by atoms with Gasteiger partial charge in [0.15, 0.2) is 0 Å². The van der Waals surface area contributed by atoms with Crippen LogP contribution in [-0.2, 0) is 0 Å². The maximum Gasteiger partial charge on any atom is -0.0318 e. The van der Waals surface area contributed by atoms with Crippen LogP contribution < -0.4 is 0 Å². The lowest BCUT2D eigenvalue weighted by molar-refractivity contribution is -0.224. The highest BCUT2D eigenvalue weighted by atomic mass is 14.7. The van der Waals surface area contributed by atoms with Crippen LogP contribution in [0.3, 0.4) is 0 Å². The molecule has 0 aliphatic heterocycles. The second-order valence-corrected chi connectivity index (χ2v) is 13.5. The summed E-state index contributed by atoms with van der Waals surface area (Å²) in [6, 6.07) is 0. The standard InChI is InChI=1S/C28H42/c1-3-15-7-9-19-14-22-12-18-6-2-4-16-8-10-20-13-21-11-17(5-1)23(15)25(19)27(21)28(22)26(20)24(16)18/h15-28H,1-14H2. The second kappa shape index (κ2) is 5.82. The molecular formula is C28H42. The normalized spacial score (nSPS) is 66.0. The fourth-order valence-corrected chi connectivity index (χ4v) is 13.0. The summed E-state index contributed by atoms with van der Waals surface area (Å²) in [4.78, 5) is 0. The summed E-state index contributed by atoms with van der Waals surface area (Å²) in [6.07, 6.45) is 23.0. The molecule has 8 saturated carbocycles. The lowest BCUT2D eigenvalue weighted by Crippen LogP contribution is -2.64. The largest absolute Gasteiger partial charge is 0.0528 e. The van der Waals surface area contributed by atoms with E-state index in [-0.39, 0.29) is 0 Å². The highest BCUT2D eigenvalue weighted by Crippen LogP contribution is 2.72. The third-order valence-electron chi connectivity index (χ3n) is 13.1. The van der Waals surface area contributed by atoms with Gasteiger partial charge in [-0.3, -0.25) is 0 Å². The molecule has 154 valence electrons. The minimum Gasteiger partial charge on any atom is -0.0528 e. The fraction of sp³-hybridized carbons (Fsp3) is 1.00. The molecule has 8 aliphatic carbocycles. The Hall–Kier alpha value is 0. The highest BCUT2D eigenvalue weighted by Gasteiger charge is 2.66. The molecule has 14 unspecified atom stereocenters. The molecular weight excluding hydrogens is 336 g/mol. The van der Waals surface area contributed by atoms with Crippen LogP contribution in [-0.4, -0.2) is 0 Å². The first kappa shape index (κ1) is 16.7. The predicted molar refractivity (Wildman–Crippen MR) is 113 cm³/mol. The first-order valence-corrected chi connectivity index (χ1v) is 13.9. The van der Waals surface area contributed by atoms with Crippen molar-refractivity contribution in [3.63, 3.8) is 0 Å². The van der Waals surface area contributed by atoms with E-state index in [9.17, 15) is 0 Å². The third kappa shape index (κ3) is 2.01. The first-order valence-electron chi connectivity index (χ1n) is 13.9. The van der Waals surface area contributed by atoms with E-state index >= 15 is 0 Å². The zero-order valence-electron chi connectivity index (χ0n) is 18.0. The van der Waals surface area contributed by atoms with Gasteiger partial charge in [0.2, 0.25) is 0 Å². The van der Waals surface area contributed by atoms with Gasteiger partial charge in [0.05, 0.1) is 0 Å². The molecule has 0 bridgehead atoms. The number of hydrogen-bond acceptors (Lipinski definition) is 0. The third-order valence-corrected chi connectivity index (χ3v) is 13.1. The summed E-state index contributed by atoms with van der Waals surface area (Å²) in [5.74, 6) is 16.6. The Labute approximate surface area is 173 Å². The average molecular weight is 379 g/mol. The molecule has 0 amide bonds. The monoisotopic (exact) mass is 378 g/mol. The van der Waals surface area contributed by atoms with Gasteiger partial charge in [-0.1, -0.05) is 38.5 Å². The molecule has 0 saturated heterocycles. The van der Waals surface area contributed by atoms with E-state index in [1.807, 2.05) is 0 Å². The molecule has 0 aromatic carbocycles. The maximum atomic E-state index is 1.70. The van der Waals surface area contributed by atoms with Crippen molar-refractivity contribution in [1.82, 2.24) is 0 Å². The Morgan fingerprint density at radius 1 is 0.250 bits per heavy atom. The van der Waals surface area contributed by atoms with Crippen LogP contribution >= 0.6 is 0 Å². The van der Waals surface area contributed by atoms with Gasteiger partial charge in [-0.15, -0.1) is 0 Å². The summed E-state index contributed by atoms with van der Waals surface area (Å²) in [7, 11) is 0. The minimum atomic E-state index is 1.17. The van der Waals surface area contributed by atoms with E-state index < -0.39 is 0 Å². The van der Waals surface area contributed by atoms with Crippen LogP contribution in [0.25, 0.3) is 0 Å². The van der Waals surface area contributed by atoms with Gasteiger partial charge >= 0.3 is 0 Å². The summed E-state index contributed by atoms with van der Waals surface area (Å²) in [5.41, 5.74) is 0. The summed E-state index contributed by atoms with van der Waals surface area (Å²) >= 11 is 0. The van der Waals surface area contributed by atoms with Crippen molar-refractivity contribution < 1.29 is 0 Å². The van der Waals surface area contributed by atoms with Crippen LogP contribution in [0.1, 0.15) is 89.9 Å². The average Bonchev–Trinajstić information content (AvgIpc) is 2.73. The van der Waals surface area contributed by atoms with Gasteiger partial charge in [0, 0.05) is 0 Å². The van der Waals surface area contributed by atoms with Crippen molar-refractivity contribution in [3.8, 4) is 0 Å². The maximum absolute atomic E-state index is 1.70. The molecule has 0 spiro atoms. The molecule has 0 N–H and O–H groups in total. The highest BCUT2D eigenvalue weighted by molar-refractivity contribution is 5.14. The van der Waals surface area contributed by atoms with Crippen LogP contribution in [0, 0.1) is 82.9 Å². The van der Waals surface area contributed by atoms with Gasteiger partial charge in [-0.25, -0.2) is 0 Å². The molecule has 0 heterocycles. The Bertz CT molecular complexity index is 594. The first-order chi connectivity index (χ1) is 13.9. The number of rotatable bonds is 0. The molecule has 28 heavy (non-hydrogen) atoms. The minimum absolute atomic E-state index is 1.17. The molecule has 8 fully saturated rings. The zero-order valence-corrected chi connectivity index (χ0v) is 18.0. The lowest BCUT2D eigenvalue weighted by atomic mass is 9.34. The van der Waals surface area contributed by atoms with Crippen molar-refractivity contribution >= 4 is 0 Å². The van der Waals surface area contributed by atoms with Crippen LogP contribution in [0.15, 0.2) is 0 Å². The van der Waals surface area contributed by atoms with Crippen LogP contribution in [0.5, 0.6) is 0 Å². The topological polar surface area (TPSA) is 0 Å². The molecule has 0 aromatic heterocycles. The van der Waals surface area contributed by atoms with E-state index in [1.54, 1.807) is 89.9 Å². The van der Waals surface area contributed by atoms with E-state index in [2.05, 4.69) is 0 Å². The molecule has 0 heteroatoms. The molecule has 8 rings (SSSR count). The van der Waals surface area contributed by atoms with Crippen molar-refractivity contribution in [2.45, 2.75) is 89.9 Å². The Morgan fingerprint density at radius 2 is 0.571 bits per heavy atom. The van der Waals surface area contributed by atoms with E-state index in [1.165, 1.54) is 82.9 Å². The molecule has 0 radical (unpaired) electrons. The summed E-state index contributed by atoms with van der Waals surface area (Å²) in [6.45, 7) is 0.